The normalized spacial score (nSPS) is 21.5. The molecular weight excluding hydrogens is 157 g/mol. The van der Waals surface area contributed by atoms with Crippen molar-refractivity contribution in [2.24, 2.45) is 0 Å². The molecule has 0 radical (unpaired) electrons. The largest absolute Gasteiger partial charge is 0.385 e. The minimum absolute atomic E-state index is 0.552. The van der Waals surface area contributed by atoms with Gasteiger partial charge in [0, 0.05) is 33.4 Å². The van der Waals surface area contributed by atoms with Gasteiger partial charge in [-0.05, 0) is 19.3 Å². The van der Waals surface area contributed by atoms with Gasteiger partial charge < -0.3 is 9.64 Å². The van der Waals surface area contributed by atoms with E-state index in [1.54, 1.807) is 7.11 Å². The predicted octanol–water partition coefficient (Wildman–Crippen LogP) is 1.46. The molecule has 0 unspecified atom stereocenters. The van der Waals surface area contributed by atoms with Gasteiger partial charge in [0.05, 0.1) is 0 Å². The van der Waals surface area contributed by atoms with Crippen LogP contribution >= 0.6 is 0 Å². The van der Waals surface area contributed by atoms with Crippen molar-refractivity contribution in [3.8, 4) is 0 Å². The highest BCUT2D eigenvalue weighted by molar-refractivity contribution is 4.70. The summed E-state index contributed by atoms with van der Waals surface area (Å²) in [6.45, 7) is 3.71. The van der Waals surface area contributed by atoms with Crippen LogP contribution < -0.4 is 0 Å². The Balaban J connectivity index is 2.01. The Kier molecular flexibility index (Phi) is 4.54. The van der Waals surface area contributed by atoms with Crippen LogP contribution in [0.5, 0.6) is 0 Å². The molecule has 0 saturated carbocycles. The monoisotopic (exact) mass is 175 g/mol. The number of rotatable bonds is 4. The van der Waals surface area contributed by atoms with Crippen LogP contribution in [0.25, 0.3) is 0 Å². The molecule has 12 heavy (non-hydrogen) atoms. The second-order valence-corrected chi connectivity index (χ2v) is 3.36. The molecule has 0 aromatic heterocycles. The summed E-state index contributed by atoms with van der Waals surface area (Å²) in [6.07, 6.45) is 1.94. The van der Waals surface area contributed by atoms with E-state index in [2.05, 4.69) is 4.90 Å². The number of alkyl halides is 1. The number of likely N-dealkylation sites (tertiary alicyclic amines) is 1. The number of ether oxygens (including phenoxy) is 1. The van der Waals surface area contributed by atoms with Crippen molar-refractivity contribution in [1.29, 1.82) is 0 Å². The van der Waals surface area contributed by atoms with Crippen LogP contribution in [0, 0.1) is 0 Å². The Morgan fingerprint density at radius 3 is 2.67 bits per heavy atom. The molecule has 1 aliphatic rings. The van der Waals surface area contributed by atoms with Gasteiger partial charge in [-0.25, -0.2) is 4.39 Å². The molecule has 72 valence electrons. The van der Waals surface area contributed by atoms with E-state index in [9.17, 15) is 4.39 Å². The second kappa shape index (κ2) is 5.49. The Morgan fingerprint density at radius 1 is 1.42 bits per heavy atom. The minimum atomic E-state index is -0.552. The Bertz CT molecular complexity index is 113. The van der Waals surface area contributed by atoms with Crippen molar-refractivity contribution in [3.05, 3.63) is 0 Å². The molecule has 0 amide bonds. The molecular formula is C9H18FNO. The molecule has 1 aliphatic heterocycles. The van der Waals surface area contributed by atoms with E-state index in [1.165, 1.54) is 0 Å². The summed E-state index contributed by atoms with van der Waals surface area (Å²) in [5, 5.41) is 0. The summed E-state index contributed by atoms with van der Waals surface area (Å²) < 4.78 is 17.6. The van der Waals surface area contributed by atoms with Crippen LogP contribution in [0.2, 0.25) is 0 Å². The van der Waals surface area contributed by atoms with E-state index in [0.29, 0.717) is 12.8 Å². The fourth-order valence-electron chi connectivity index (χ4n) is 1.56. The Hall–Kier alpha value is -0.150. The van der Waals surface area contributed by atoms with Crippen molar-refractivity contribution in [2.75, 3.05) is 33.4 Å². The van der Waals surface area contributed by atoms with Crippen LogP contribution in [0.15, 0.2) is 0 Å². The third-order valence-electron chi connectivity index (χ3n) is 2.34. The van der Waals surface area contributed by atoms with E-state index in [4.69, 9.17) is 4.74 Å². The summed E-state index contributed by atoms with van der Waals surface area (Å²) in [5.41, 5.74) is 0. The Labute approximate surface area is 73.7 Å². The number of nitrogens with zero attached hydrogens (tertiary/aromatic N) is 1. The molecule has 0 atom stereocenters. The lowest BCUT2D eigenvalue weighted by Gasteiger charge is -2.28. The van der Waals surface area contributed by atoms with Crippen LogP contribution in [0.3, 0.4) is 0 Å². The molecule has 3 heteroatoms. The van der Waals surface area contributed by atoms with Crippen molar-refractivity contribution in [2.45, 2.75) is 25.4 Å². The van der Waals surface area contributed by atoms with E-state index in [0.717, 1.165) is 32.7 Å². The van der Waals surface area contributed by atoms with Gasteiger partial charge in [-0.3, -0.25) is 0 Å². The van der Waals surface area contributed by atoms with Crippen LogP contribution in [0.1, 0.15) is 19.3 Å². The minimum Gasteiger partial charge on any atom is -0.385 e. The van der Waals surface area contributed by atoms with Crippen molar-refractivity contribution < 1.29 is 9.13 Å². The zero-order chi connectivity index (χ0) is 8.81. The van der Waals surface area contributed by atoms with Gasteiger partial charge in [0.25, 0.3) is 0 Å². The van der Waals surface area contributed by atoms with Gasteiger partial charge in [0.1, 0.15) is 6.17 Å². The Morgan fingerprint density at radius 2 is 2.08 bits per heavy atom. The number of methoxy groups -OCH3 is 1. The smallest absolute Gasteiger partial charge is 0.103 e. The third-order valence-corrected chi connectivity index (χ3v) is 2.34. The molecule has 1 saturated heterocycles. The molecule has 0 aromatic rings. The zero-order valence-electron chi connectivity index (χ0n) is 7.76. The third kappa shape index (κ3) is 3.50. The van der Waals surface area contributed by atoms with E-state index < -0.39 is 6.17 Å². The summed E-state index contributed by atoms with van der Waals surface area (Å²) >= 11 is 0. The molecule has 0 bridgehead atoms. The lowest BCUT2D eigenvalue weighted by molar-refractivity contribution is 0.130. The van der Waals surface area contributed by atoms with Crippen LogP contribution in [-0.4, -0.2) is 44.4 Å². The quantitative estimate of drug-likeness (QED) is 0.600. The molecule has 0 spiro atoms. The highest BCUT2D eigenvalue weighted by Gasteiger charge is 2.17. The van der Waals surface area contributed by atoms with Gasteiger partial charge >= 0.3 is 0 Å². The highest BCUT2D eigenvalue weighted by Crippen LogP contribution is 2.12. The first-order valence-electron chi connectivity index (χ1n) is 4.68. The lowest BCUT2D eigenvalue weighted by atomic mass is 10.1. The van der Waals surface area contributed by atoms with Gasteiger partial charge in [0.2, 0.25) is 0 Å². The van der Waals surface area contributed by atoms with Crippen molar-refractivity contribution in [3.63, 3.8) is 0 Å². The summed E-state index contributed by atoms with van der Waals surface area (Å²) in [4.78, 5) is 2.31. The van der Waals surface area contributed by atoms with Gasteiger partial charge in [-0.2, -0.15) is 0 Å². The molecule has 0 aliphatic carbocycles. The first-order valence-corrected chi connectivity index (χ1v) is 4.68. The number of hydrogen-bond acceptors (Lipinski definition) is 2. The maximum Gasteiger partial charge on any atom is 0.103 e. The highest BCUT2D eigenvalue weighted by atomic mass is 19.1. The van der Waals surface area contributed by atoms with Gasteiger partial charge in [-0.1, -0.05) is 0 Å². The van der Waals surface area contributed by atoms with Crippen molar-refractivity contribution >= 4 is 0 Å². The average molecular weight is 175 g/mol. The number of piperidine rings is 1. The van der Waals surface area contributed by atoms with E-state index in [-0.39, 0.29) is 0 Å². The lowest BCUT2D eigenvalue weighted by Crippen LogP contribution is -2.35. The number of halogens is 1. The van der Waals surface area contributed by atoms with Gasteiger partial charge in [-0.15, -0.1) is 0 Å². The van der Waals surface area contributed by atoms with Crippen LogP contribution in [0.4, 0.5) is 4.39 Å². The standard InChI is InChI=1S/C9H18FNO/c1-12-8-2-5-11-6-3-9(10)4-7-11/h9H,2-8H2,1H3. The van der Waals surface area contributed by atoms with Crippen molar-refractivity contribution in [1.82, 2.24) is 4.90 Å². The van der Waals surface area contributed by atoms with Crippen LogP contribution in [-0.2, 0) is 4.74 Å². The summed E-state index contributed by atoms with van der Waals surface area (Å²) in [7, 11) is 1.72. The molecule has 1 heterocycles. The maximum atomic E-state index is 12.7. The SMILES string of the molecule is COCCCN1CCC(F)CC1. The first-order chi connectivity index (χ1) is 5.83. The molecule has 0 aromatic carbocycles. The average Bonchev–Trinajstić information content (AvgIpc) is 2.09. The zero-order valence-corrected chi connectivity index (χ0v) is 7.76. The maximum absolute atomic E-state index is 12.7. The predicted molar refractivity (Wildman–Crippen MR) is 47.1 cm³/mol. The fraction of sp³-hybridized carbons (Fsp3) is 1.00. The van der Waals surface area contributed by atoms with E-state index >= 15 is 0 Å². The fourth-order valence-corrected chi connectivity index (χ4v) is 1.56. The molecule has 0 N–H and O–H groups in total. The van der Waals surface area contributed by atoms with Gasteiger partial charge in [0.15, 0.2) is 0 Å². The number of hydrogen-bond donors (Lipinski definition) is 0. The molecule has 1 fully saturated rings. The van der Waals surface area contributed by atoms with E-state index in [1.807, 2.05) is 0 Å². The molecule has 1 rings (SSSR count). The summed E-state index contributed by atoms with van der Waals surface area (Å²) in [6, 6.07) is 0. The molecule has 2 nitrogen and oxygen atoms in total. The topological polar surface area (TPSA) is 12.5 Å². The second-order valence-electron chi connectivity index (χ2n) is 3.36. The summed E-state index contributed by atoms with van der Waals surface area (Å²) in [5.74, 6) is 0. The first kappa shape index (κ1) is 9.93.